The van der Waals surface area contributed by atoms with Crippen molar-refractivity contribution in [3.8, 4) is 5.75 Å². The largest absolute Gasteiger partial charge is 0.490 e. The van der Waals surface area contributed by atoms with Gasteiger partial charge in [0, 0.05) is 15.7 Å². The topological polar surface area (TPSA) is 69.4 Å². The highest BCUT2D eigenvalue weighted by molar-refractivity contribution is 14.1. The van der Waals surface area contributed by atoms with Crippen molar-refractivity contribution in [1.29, 1.82) is 0 Å². The lowest BCUT2D eigenvalue weighted by atomic mass is 10.2. The molecule has 1 rings (SSSR count). The first-order chi connectivity index (χ1) is 6.97. The van der Waals surface area contributed by atoms with E-state index in [-0.39, 0.29) is 17.0 Å². The minimum absolute atomic E-state index is 0.0180. The molecule has 0 amide bonds. The second-order valence-electron chi connectivity index (χ2n) is 2.53. The van der Waals surface area contributed by atoms with Crippen LogP contribution in [0.3, 0.4) is 0 Å². The zero-order valence-electron chi connectivity index (χ0n) is 7.49. The van der Waals surface area contributed by atoms with Gasteiger partial charge in [0.2, 0.25) is 0 Å². The van der Waals surface area contributed by atoms with E-state index in [1.807, 2.05) is 0 Å². The van der Waals surface area contributed by atoms with E-state index in [1.165, 1.54) is 19.2 Å². The van der Waals surface area contributed by atoms with E-state index in [2.05, 4.69) is 0 Å². The maximum absolute atomic E-state index is 11.0. The van der Waals surface area contributed by atoms with Crippen molar-refractivity contribution in [3.05, 3.63) is 31.4 Å². The Morgan fingerprint density at radius 1 is 1.60 bits per heavy atom. The van der Waals surface area contributed by atoms with Crippen LogP contribution in [0.2, 0.25) is 0 Å². The van der Waals surface area contributed by atoms with Gasteiger partial charge >= 0.3 is 5.69 Å². The SMILES string of the molecule is COc1cc(C(=O)Cl)c(I)cc1[N+](=O)[O-]. The summed E-state index contributed by atoms with van der Waals surface area (Å²) in [5, 5.41) is 9.94. The molecule has 0 spiro atoms. The lowest BCUT2D eigenvalue weighted by molar-refractivity contribution is -0.385. The summed E-state index contributed by atoms with van der Waals surface area (Å²) in [4.78, 5) is 21.0. The van der Waals surface area contributed by atoms with Gasteiger partial charge in [-0.05, 0) is 34.2 Å². The second kappa shape index (κ2) is 4.75. The molecule has 1 aromatic carbocycles. The first kappa shape index (κ1) is 12.2. The number of ether oxygens (including phenoxy) is 1. The Morgan fingerprint density at radius 2 is 2.20 bits per heavy atom. The van der Waals surface area contributed by atoms with E-state index >= 15 is 0 Å². The molecule has 0 saturated heterocycles. The minimum atomic E-state index is -0.674. The van der Waals surface area contributed by atoms with Gasteiger partial charge < -0.3 is 4.74 Å². The highest BCUT2D eigenvalue weighted by atomic mass is 127. The summed E-state index contributed by atoms with van der Waals surface area (Å²) in [5.74, 6) is 0.0180. The summed E-state index contributed by atoms with van der Waals surface area (Å²) in [5.41, 5.74) is 0.00304. The number of nitrogens with zero attached hydrogens (tertiary/aromatic N) is 1. The summed E-state index contributed by atoms with van der Waals surface area (Å²) < 4.78 is 5.21. The molecule has 1 aromatic rings. The Morgan fingerprint density at radius 3 is 2.60 bits per heavy atom. The van der Waals surface area contributed by atoms with Crippen molar-refractivity contribution in [1.82, 2.24) is 0 Å². The number of carbonyl (C=O) groups excluding carboxylic acids is 1. The Balaban J connectivity index is 3.42. The van der Waals surface area contributed by atoms with Crippen LogP contribution in [0.4, 0.5) is 5.69 Å². The lowest BCUT2D eigenvalue weighted by Crippen LogP contribution is -1.99. The number of halogens is 2. The molecule has 0 aliphatic heterocycles. The number of hydrogen-bond donors (Lipinski definition) is 0. The Kier molecular flexibility index (Phi) is 3.86. The summed E-state index contributed by atoms with van der Waals surface area (Å²) in [6.45, 7) is 0. The molecular weight excluding hydrogens is 336 g/mol. The van der Waals surface area contributed by atoms with Crippen molar-refractivity contribution >= 4 is 45.1 Å². The number of rotatable bonds is 3. The molecule has 15 heavy (non-hydrogen) atoms. The van der Waals surface area contributed by atoms with Crippen molar-refractivity contribution in [2.75, 3.05) is 7.11 Å². The maximum Gasteiger partial charge on any atom is 0.312 e. The van der Waals surface area contributed by atoms with E-state index in [1.54, 1.807) is 22.6 Å². The van der Waals surface area contributed by atoms with Gasteiger partial charge in [-0.1, -0.05) is 0 Å². The summed E-state index contributed by atoms with van der Waals surface area (Å²) in [6.07, 6.45) is 0. The van der Waals surface area contributed by atoms with E-state index in [0.717, 1.165) is 0 Å². The molecule has 0 N–H and O–H groups in total. The third-order valence-electron chi connectivity index (χ3n) is 1.68. The Bertz CT molecular complexity index is 435. The number of hydrogen-bond acceptors (Lipinski definition) is 4. The smallest absolute Gasteiger partial charge is 0.312 e. The van der Waals surface area contributed by atoms with Crippen LogP contribution in [-0.4, -0.2) is 17.3 Å². The third-order valence-corrected chi connectivity index (χ3v) is 2.77. The fraction of sp³-hybridized carbons (Fsp3) is 0.125. The van der Waals surface area contributed by atoms with Gasteiger partial charge in [-0.15, -0.1) is 0 Å². The van der Waals surface area contributed by atoms with E-state index in [0.29, 0.717) is 3.57 Å². The van der Waals surface area contributed by atoms with Crippen LogP contribution < -0.4 is 4.74 Å². The fourth-order valence-electron chi connectivity index (χ4n) is 1.000. The number of carbonyl (C=O) groups is 1. The molecule has 0 saturated carbocycles. The molecule has 0 radical (unpaired) electrons. The molecule has 0 aliphatic carbocycles. The predicted molar refractivity (Wildman–Crippen MR) is 62.5 cm³/mol. The van der Waals surface area contributed by atoms with Gasteiger partial charge in [0.15, 0.2) is 5.75 Å². The van der Waals surface area contributed by atoms with Crippen molar-refractivity contribution in [3.63, 3.8) is 0 Å². The van der Waals surface area contributed by atoms with Crippen LogP contribution in [0, 0.1) is 13.7 Å². The summed E-state index contributed by atoms with van der Waals surface area (Å²) in [7, 11) is 1.29. The lowest BCUT2D eigenvalue weighted by Gasteiger charge is -2.04. The number of methoxy groups -OCH3 is 1. The van der Waals surface area contributed by atoms with Crippen molar-refractivity contribution in [2.45, 2.75) is 0 Å². The molecule has 0 heterocycles. The maximum atomic E-state index is 11.0. The van der Waals surface area contributed by atoms with Gasteiger partial charge in [0.1, 0.15) is 0 Å². The van der Waals surface area contributed by atoms with Crippen LogP contribution in [0.1, 0.15) is 10.4 Å². The number of benzene rings is 1. The quantitative estimate of drug-likeness (QED) is 0.367. The molecule has 0 aromatic heterocycles. The number of nitro benzene ring substituents is 1. The Hall–Kier alpha value is -0.890. The molecular formula is C8H5ClINO4. The van der Waals surface area contributed by atoms with Gasteiger partial charge in [0.05, 0.1) is 17.6 Å². The van der Waals surface area contributed by atoms with Crippen LogP contribution in [0.5, 0.6) is 5.75 Å². The zero-order valence-corrected chi connectivity index (χ0v) is 10.4. The minimum Gasteiger partial charge on any atom is -0.490 e. The van der Waals surface area contributed by atoms with Gasteiger partial charge in [0.25, 0.3) is 5.24 Å². The van der Waals surface area contributed by atoms with Crippen molar-refractivity contribution < 1.29 is 14.5 Å². The van der Waals surface area contributed by atoms with Crippen LogP contribution in [0.15, 0.2) is 12.1 Å². The standard InChI is InChI=1S/C8H5ClINO4/c1-15-7-2-4(8(9)12)5(10)3-6(7)11(13)14/h2-3H,1H3. The molecule has 80 valence electrons. The van der Waals surface area contributed by atoms with Gasteiger partial charge in [-0.25, -0.2) is 0 Å². The third kappa shape index (κ3) is 2.57. The van der Waals surface area contributed by atoms with E-state index in [9.17, 15) is 14.9 Å². The van der Waals surface area contributed by atoms with Crippen LogP contribution in [0.25, 0.3) is 0 Å². The first-order valence-corrected chi connectivity index (χ1v) is 5.14. The number of nitro groups is 1. The van der Waals surface area contributed by atoms with Crippen LogP contribution in [-0.2, 0) is 0 Å². The summed E-state index contributed by atoms with van der Waals surface area (Å²) in [6, 6.07) is 2.50. The van der Waals surface area contributed by atoms with Gasteiger partial charge in [-0.2, -0.15) is 0 Å². The fourth-order valence-corrected chi connectivity index (χ4v) is 2.01. The van der Waals surface area contributed by atoms with E-state index < -0.39 is 10.2 Å². The van der Waals surface area contributed by atoms with Crippen LogP contribution >= 0.6 is 34.2 Å². The van der Waals surface area contributed by atoms with Crippen molar-refractivity contribution in [2.24, 2.45) is 0 Å². The summed E-state index contributed by atoms with van der Waals surface area (Å²) >= 11 is 7.10. The predicted octanol–water partition coefficient (Wildman–Crippen LogP) is 2.59. The molecule has 0 fully saturated rings. The average molecular weight is 341 g/mol. The van der Waals surface area contributed by atoms with E-state index in [4.69, 9.17) is 16.3 Å². The first-order valence-electron chi connectivity index (χ1n) is 3.69. The molecule has 0 unspecified atom stereocenters. The molecule has 0 aliphatic rings. The monoisotopic (exact) mass is 341 g/mol. The highest BCUT2D eigenvalue weighted by Crippen LogP contribution is 2.31. The zero-order chi connectivity index (χ0) is 11.6. The van der Waals surface area contributed by atoms with Gasteiger partial charge in [-0.3, -0.25) is 14.9 Å². The Labute approximate surface area is 104 Å². The normalized spacial score (nSPS) is 9.80. The molecule has 5 nitrogen and oxygen atoms in total. The second-order valence-corrected chi connectivity index (χ2v) is 4.04. The average Bonchev–Trinajstić information content (AvgIpc) is 2.16. The molecule has 7 heteroatoms. The highest BCUT2D eigenvalue weighted by Gasteiger charge is 2.20. The molecule has 0 atom stereocenters. The molecule has 0 bridgehead atoms.